The molecule has 0 radical (unpaired) electrons. The van der Waals surface area contributed by atoms with Crippen molar-refractivity contribution in [3.8, 4) is 0 Å². The molecule has 0 aliphatic carbocycles. The first kappa shape index (κ1) is 11.4. The Morgan fingerprint density at radius 2 is 2.21 bits per heavy atom. The van der Waals surface area contributed by atoms with Crippen LogP contribution < -0.4 is 5.48 Å². The van der Waals surface area contributed by atoms with Gasteiger partial charge in [0.15, 0.2) is 0 Å². The number of amides is 1. The van der Waals surface area contributed by atoms with Crippen molar-refractivity contribution in [3.05, 3.63) is 0 Å². The van der Waals surface area contributed by atoms with Crippen LogP contribution in [0.25, 0.3) is 0 Å². The van der Waals surface area contributed by atoms with Gasteiger partial charge in [-0.3, -0.25) is 14.5 Å². The summed E-state index contributed by atoms with van der Waals surface area (Å²) in [4.78, 5) is 18.1. The number of hydrogen-bond donors (Lipinski definition) is 1. The van der Waals surface area contributed by atoms with E-state index in [4.69, 9.17) is 9.57 Å². The Bertz CT molecular complexity index is 169. The van der Waals surface area contributed by atoms with Gasteiger partial charge in [0.2, 0.25) is 5.91 Å². The van der Waals surface area contributed by atoms with Gasteiger partial charge in [-0.1, -0.05) is 6.92 Å². The van der Waals surface area contributed by atoms with E-state index in [2.05, 4.69) is 10.4 Å². The Kier molecular flexibility index (Phi) is 5.51. The van der Waals surface area contributed by atoms with Gasteiger partial charge in [-0.05, 0) is 0 Å². The number of nitrogens with zero attached hydrogens (tertiary/aromatic N) is 1. The van der Waals surface area contributed by atoms with Crippen LogP contribution in [0.5, 0.6) is 0 Å². The number of morpholine rings is 1. The first-order valence-electron chi connectivity index (χ1n) is 5.03. The van der Waals surface area contributed by atoms with E-state index in [1.165, 1.54) is 0 Å². The fraction of sp³-hybridized carbons (Fsp3) is 0.889. The van der Waals surface area contributed by atoms with Gasteiger partial charge in [-0.2, -0.15) is 0 Å². The molecule has 1 amide bonds. The highest BCUT2D eigenvalue weighted by Crippen LogP contribution is 1.95. The van der Waals surface area contributed by atoms with Crippen molar-refractivity contribution in [2.24, 2.45) is 0 Å². The average molecular weight is 202 g/mol. The largest absolute Gasteiger partial charge is 0.379 e. The fourth-order valence-corrected chi connectivity index (χ4v) is 1.20. The zero-order valence-corrected chi connectivity index (χ0v) is 8.62. The molecule has 1 heterocycles. The van der Waals surface area contributed by atoms with E-state index in [-0.39, 0.29) is 5.91 Å². The SMILES string of the molecule is CCC(=O)NOCCN1CCOCC1. The van der Waals surface area contributed by atoms with E-state index in [1.807, 2.05) is 0 Å². The summed E-state index contributed by atoms with van der Waals surface area (Å²) in [6, 6.07) is 0. The molecule has 1 aliphatic heterocycles. The second-order valence-corrected chi connectivity index (χ2v) is 3.18. The van der Waals surface area contributed by atoms with Crippen molar-refractivity contribution in [1.29, 1.82) is 0 Å². The predicted molar refractivity (Wildman–Crippen MR) is 51.6 cm³/mol. The van der Waals surface area contributed by atoms with E-state index >= 15 is 0 Å². The molecule has 5 heteroatoms. The molecule has 0 aromatic heterocycles. The third-order valence-corrected chi connectivity index (χ3v) is 2.12. The number of hydrogen-bond acceptors (Lipinski definition) is 4. The van der Waals surface area contributed by atoms with Gasteiger partial charge < -0.3 is 4.74 Å². The van der Waals surface area contributed by atoms with E-state index in [0.29, 0.717) is 13.0 Å². The minimum atomic E-state index is -0.0769. The van der Waals surface area contributed by atoms with Crippen LogP contribution in [0.15, 0.2) is 0 Å². The van der Waals surface area contributed by atoms with Gasteiger partial charge in [0.05, 0.1) is 19.8 Å². The summed E-state index contributed by atoms with van der Waals surface area (Å²) in [6.45, 7) is 6.65. The lowest BCUT2D eigenvalue weighted by Crippen LogP contribution is -2.39. The number of rotatable bonds is 5. The van der Waals surface area contributed by atoms with Crippen LogP contribution in [0.2, 0.25) is 0 Å². The molecule has 0 unspecified atom stereocenters. The molecule has 1 N–H and O–H groups in total. The second kappa shape index (κ2) is 6.75. The fourth-order valence-electron chi connectivity index (χ4n) is 1.20. The molecular weight excluding hydrogens is 184 g/mol. The van der Waals surface area contributed by atoms with E-state index < -0.39 is 0 Å². The highest BCUT2D eigenvalue weighted by atomic mass is 16.6. The van der Waals surface area contributed by atoms with Crippen molar-refractivity contribution < 1.29 is 14.4 Å². The molecule has 1 fully saturated rings. The van der Waals surface area contributed by atoms with Gasteiger partial charge in [-0.25, -0.2) is 5.48 Å². The molecule has 82 valence electrons. The van der Waals surface area contributed by atoms with Crippen LogP contribution in [0.3, 0.4) is 0 Å². The normalized spacial score (nSPS) is 18.1. The molecule has 0 aromatic carbocycles. The first-order chi connectivity index (χ1) is 6.83. The van der Waals surface area contributed by atoms with Crippen LogP contribution >= 0.6 is 0 Å². The van der Waals surface area contributed by atoms with Crippen molar-refractivity contribution in [2.45, 2.75) is 13.3 Å². The van der Waals surface area contributed by atoms with Crippen molar-refractivity contribution in [2.75, 3.05) is 39.5 Å². The van der Waals surface area contributed by atoms with Gasteiger partial charge in [-0.15, -0.1) is 0 Å². The Morgan fingerprint density at radius 3 is 2.86 bits per heavy atom. The standard InChI is InChI=1S/C9H18N2O3/c1-2-9(12)10-14-8-5-11-3-6-13-7-4-11/h2-8H2,1H3,(H,10,12). The summed E-state index contributed by atoms with van der Waals surface area (Å²) in [5.41, 5.74) is 2.38. The third kappa shape index (κ3) is 4.55. The summed E-state index contributed by atoms with van der Waals surface area (Å²) in [5.74, 6) is -0.0769. The lowest BCUT2D eigenvalue weighted by atomic mass is 10.4. The zero-order valence-electron chi connectivity index (χ0n) is 8.62. The molecule has 0 bridgehead atoms. The number of ether oxygens (including phenoxy) is 1. The topological polar surface area (TPSA) is 50.8 Å². The van der Waals surface area contributed by atoms with Gasteiger partial charge >= 0.3 is 0 Å². The Morgan fingerprint density at radius 1 is 1.50 bits per heavy atom. The van der Waals surface area contributed by atoms with Crippen molar-refractivity contribution in [1.82, 2.24) is 10.4 Å². The molecule has 1 saturated heterocycles. The van der Waals surface area contributed by atoms with E-state index in [1.54, 1.807) is 6.92 Å². The summed E-state index contributed by atoms with van der Waals surface area (Å²) in [5, 5.41) is 0. The Balaban J connectivity index is 1.94. The lowest BCUT2D eigenvalue weighted by molar-refractivity contribution is -0.133. The monoisotopic (exact) mass is 202 g/mol. The van der Waals surface area contributed by atoms with Crippen molar-refractivity contribution >= 4 is 5.91 Å². The molecule has 0 aromatic rings. The minimum absolute atomic E-state index is 0.0769. The predicted octanol–water partition coefficient (Wildman–Crippen LogP) is -0.224. The highest BCUT2D eigenvalue weighted by molar-refractivity contribution is 5.74. The highest BCUT2D eigenvalue weighted by Gasteiger charge is 2.09. The van der Waals surface area contributed by atoms with Gasteiger partial charge in [0, 0.05) is 26.1 Å². The second-order valence-electron chi connectivity index (χ2n) is 3.18. The smallest absolute Gasteiger partial charge is 0.243 e. The molecular formula is C9H18N2O3. The third-order valence-electron chi connectivity index (χ3n) is 2.12. The van der Waals surface area contributed by atoms with Crippen LogP contribution in [0, 0.1) is 0 Å². The minimum Gasteiger partial charge on any atom is -0.379 e. The van der Waals surface area contributed by atoms with Crippen molar-refractivity contribution in [3.63, 3.8) is 0 Å². The molecule has 0 spiro atoms. The first-order valence-corrected chi connectivity index (χ1v) is 5.03. The average Bonchev–Trinajstić information content (AvgIpc) is 2.25. The molecule has 1 aliphatic rings. The lowest BCUT2D eigenvalue weighted by Gasteiger charge is -2.26. The zero-order chi connectivity index (χ0) is 10.2. The number of nitrogens with one attached hydrogen (secondary N) is 1. The molecule has 1 rings (SSSR count). The van der Waals surface area contributed by atoms with Crippen LogP contribution in [-0.4, -0.2) is 50.3 Å². The number of carbonyl (C=O) groups excluding carboxylic acids is 1. The Labute approximate surface area is 84.3 Å². The summed E-state index contributed by atoms with van der Waals surface area (Å²) < 4.78 is 5.21. The summed E-state index contributed by atoms with van der Waals surface area (Å²) in [6.07, 6.45) is 0.456. The maximum Gasteiger partial charge on any atom is 0.243 e. The van der Waals surface area contributed by atoms with Gasteiger partial charge in [0.1, 0.15) is 0 Å². The Hall–Kier alpha value is -0.650. The van der Waals surface area contributed by atoms with E-state index in [9.17, 15) is 4.79 Å². The molecule has 14 heavy (non-hydrogen) atoms. The maximum atomic E-state index is 10.8. The van der Waals surface area contributed by atoms with Crippen LogP contribution in [-0.2, 0) is 14.4 Å². The summed E-state index contributed by atoms with van der Waals surface area (Å²) in [7, 11) is 0. The molecule has 0 saturated carbocycles. The number of carbonyl (C=O) groups is 1. The number of hydroxylamine groups is 1. The molecule has 5 nitrogen and oxygen atoms in total. The van der Waals surface area contributed by atoms with Crippen LogP contribution in [0.1, 0.15) is 13.3 Å². The quantitative estimate of drug-likeness (QED) is 0.494. The maximum absolute atomic E-state index is 10.8. The summed E-state index contributed by atoms with van der Waals surface area (Å²) >= 11 is 0. The van der Waals surface area contributed by atoms with Crippen LogP contribution in [0.4, 0.5) is 0 Å². The van der Waals surface area contributed by atoms with Gasteiger partial charge in [0.25, 0.3) is 0 Å². The van der Waals surface area contributed by atoms with E-state index in [0.717, 1.165) is 32.8 Å². The molecule has 0 atom stereocenters.